The van der Waals surface area contributed by atoms with E-state index in [1.807, 2.05) is 18.2 Å². The van der Waals surface area contributed by atoms with Gasteiger partial charge in [-0.2, -0.15) is 0 Å². The molecule has 1 atom stereocenters. The Hall–Kier alpha value is -4.14. The van der Waals surface area contributed by atoms with Crippen LogP contribution in [0, 0.1) is 5.92 Å². The molecule has 40 heavy (non-hydrogen) atoms. The highest BCUT2D eigenvalue weighted by Crippen LogP contribution is 2.31. The summed E-state index contributed by atoms with van der Waals surface area (Å²) in [5, 5.41) is 13.7. The molecule has 1 unspecified atom stereocenters. The van der Waals surface area contributed by atoms with Crippen molar-refractivity contribution < 1.29 is 29.0 Å². The Kier molecular flexibility index (Phi) is 8.92. The molecule has 9 nitrogen and oxygen atoms in total. The van der Waals surface area contributed by atoms with Gasteiger partial charge in [-0.05, 0) is 56.7 Å². The number of fused-ring (bicyclic) bond motifs is 1. The molecule has 0 saturated heterocycles. The minimum atomic E-state index is -1.13. The summed E-state index contributed by atoms with van der Waals surface area (Å²) in [7, 11) is 0. The number of Topliss-reactive ketones (excluding diaryl/α,β-unsaturated/α-hetero) is 1. The summed E-state index contributed by atoms with van der Waals surface area (Å²) >= 11 is 0. The topological polar surface area (TPSA) is 129 Å². The maximum Gasteiger partial charge on any atom is 0.407 e. The summed E-state index contributed by atoms with van der Waals surface area (Å²) in [4.78, 5) is 56.4. The third kappa shape index (κ3) is 7.08. The molecule has 2 amide bonds. The first kappa shape index (κ1) is 28.9. The molecule has 2 aromatic carbocycles. The molecule has 1 aliphatic rings. The van der Waals surface area contributed by atoms with E-state index in [4.69, 9.17) is 4.74 Å². The number of carboxylic acid groups (broad SMARTS) is 1. The van der Waals surface area contributed by atoms with Crippen molar-refractivity contribution in [1.29, 1.82) is 0 Å². The minimum Gasteiger partial charge on any atom is -0.480 e. The van der Waals surface area contributed by atoms with Crippen molar-refractivity contribution in [1.82, 2.24) is 15.2 Å². The van der Waals surface area contributed by atoms with Crippen LogP contribution < -0.4 is 5.32 Å². The van der Waals surface area contributed by atoms with E-state index in [0.717, 1.165) is 30.3 Å². The van der Waals surface area contributed by atoms with Crippen molar-refractivity contribution in [2.24, 2.45) is 5.92 Å². The minimum absolute atomic E-state index is 0.0549. The quantitative estimate of drug-likeness (QED) is 0.242. The van der Waals surface area contributed by atoms with Crippen LogP contribution in [-0.4, -0.2) is 50.4 Å². The SMILES string of the molecule is CC(C)(C)OC(=O)NCc1cccc(CN(C(=O)C(=O)c2c[nH]c3ccccc23)C(C(=O)O)C2CCCCC2)c1. The van der Waals surface area contributed by atoms with Crippen LogP contribution in [0.15, 0.2) is 54.7 Å². The molecule has 9 heteroatoms. The lowest BCUT2D eigenvalue weighted by atomic mass is 9.82. The number of hydrogen-bond acceptors (Lipinski definition) is 5. The van der Waals surface area contributed by atoms with Gasteiger partial charge in [0.2, 0.25) is 0 Å². The van der Waals surface area contributed by atoms with E-state index in [2.05, 4.69) is 10.3 Å². The highest BCUT2D eigenvalue weighted by atomic mass is 16.6. The van der Waals surface area contributed by atoms with Gasteiger partial charge in [0.25, 0.3) is 11.7 Å². The fraction of sp³-hybridized carbons (Fsp3) is 0.419. The average Bonchev–Trinajstić information content (AvgIpc) is 3.35. The van der Waals surface area contributed by atoms with Gasteiger partial charge in [-0.25, -0.2) is 9.59 Å². The summed E-state index contributed by atoms with van der Waals surface area (Å²) < 4.78 is 5.29. The molecule has 0 spiro atoms. The van der Waals surface area contributed by atoms with E-state index >= 15 is 0 Å². The van der Waals surface area contributed by atoms with Gasteiger partial charge in [-0.15, -0.1) is 0 Å². The maximum absolute atomic E-state index is 13.8. The Balaban J connectivity index is 1.62. The molecule has 1 aliphatic carbocycles. The molecule has 1 aromatic heterocycles. The molecular formula is C31H37N3O6. The lowest BCUT2D eigenvalue weighted by molar-refractivity contribution is -0.152. The first-order valence-corrected chi connectivity index (χ1v) is 13.7. The molecule has 212 valence electrons. The number of benzene rings is 2. The summed E-state index contributed by atoms with van der Waals surface area (Å²) in [6.07, 6.45) is 5.11. The Morgan fingerprint density at radius 2 is 1.73 bits per heavy atom. The maximum atomic E-state index is 13.8. The van der Waals surface area contributed by atoms with Gasteiger partial charge >= 0.3 is 12.1 Å². The van der Waals surface area contributed by atoms with Crippen LogP contribution in [0.5, 0.6) is 0 Å². The molecule has 0 bridgehead atoms. The summed E-state index contributed by atoms with van der Waals surface area (Å²) in [6.45, 7) is 5.47. The number of alkyl carbamates (subject to hydrolysis) is 1. The number of H-pyrrole nitrogens is 1. The van der Waals surface area contributed by atoms with Crippen molar-refractivity contribution in [3.05, 3.63) is 71.4 Å². The average molecular weight is 548 g/mol. The van der Waals surface area contributed by atoms with Crippen molar-refractivity contribution in [3.63, 3.8) is 0 Å². The van der Waals surface area contributed by atoms with Crippen LogP contribution in [0.1, 0.15) is 74.4 Å². The van der Waals surface area contributed by atoms with Gasteiger partial charge in [0.15, 0.2) is 0 Å². The summed E-state index contributed by atoms with van der Waals surface area (Å²) in [5.41, 5.74) is 1.72. The van der Waals surface area contributed by atoms with E-state index in [1.54, 1.807) is 51.1 Å². The zero-order chi connectivity index (χ0) is 28.9. The number of ketones is 1. The highest BCUT2D eigenvalue weighted by molar-refractivity contribution is 6.45. The Morgan fingerprint density at radius 1 is 1.02 bits per heavy atom. The second-order valence-electron chi connectivity index (χ2n) is 11.4. The number of nitrogens with one attached hydrogen (secondary N) is 2. The van der Waals surface area contributed by atoms with E-state index in [1.165, 1.54) is 11.1 Å². The van der Waals surface area contributed by atoms with Crippen molar-refractivity contribution in [2.45, 2.75) is 77.6 Å². The monoisotopic (exact) mass is 547 g/mol. The van der Waals surface area contributed by atoms with Crippen molar-refractivity contribution in [3.8, 4) is 0 Å². The number of carboxylic acids is 1. The van der Waals surface area contributed by atoms with Gasteiger partial charge in [0.1, 0.15) is 11.6 Å². The Labute approximate surface area is 233 Å². The molecule has 0 radical (unpaired) electrons. The lowest BCUT2D eigenvalue weighted by Gasteiger charge is -2.36. The molecule has 1 saturated carbocycles. The van der Waals surface area contributed by atoms with E-state index in [0.29, 0.717) is 23.8 Å². The normalized spacial score (nSPS) is 14.9. The molecular weight excluding hydrogens is 510 g/mol. The van der Waals surface area contributed by atoms with Crippen LogP contribution in [-0.2, 0) is 27.4 Å². The van der Waals surface area contributed by atoms with Gasteiger partial charge in [0, 0.05) is 30.2 Å². The van der Waals surface area contributed by atoms with Crippen molar-refractivity contribution >= 4 is 34.7 Å². The molecule has 3 N–H and O–H groups in total. The van der Waals surface area contributed by atoms with E-state index in [9.17, 15) is 24.3 Å². The second kappa shape index (κ2) is 12.4. The summed E-state index contributed by atoms with van der Waals surface area (Å²) in [6, 6.07) is 13.2. The number of aliphatic carboxylic acids is 1. The van der Waals surface area contributed by atoms with Gasteiger partial charge in [-0.3, -0.25) is 9.59 Å². The Bertz CT molecular complexity index is 1380. The number of rotatable bonds is 9. The van der Waals surface area contributed by atoms with Crippen LogP contribution in [0.2, 0.25) is 0 Å². The fourth-order valence-corrected chi connectivity index (χ4v) is 5.36. The zero-order valence-corrected chi connectivity index (χ0v) is 23.2. The number of carbonyl (C=O) groups excluding carboxylic acids is 3. The summed E-state index contributed by atoms with van der Waals surface area (Å²) in [5.74, 6) is -2.96. The predicted molar refractivity (Wildman–Crippen MR) is 151 cm³/mol. The van der Waals surface area contributed by atoms with Gasteiger partial charge in [0.05, 0.1) is 5.56 Å². The van der Waals surface area contributed by atoms with Crippen LogP contribution >= 0.6 is 0 Å². The van der Waals surface area contributed by atoms with Gasteiger partial charge < -0.3 is 25.0 Å². The second-order valence-corrected chi connectivity index (χ2v) is 11.4. The zero-order valence-electron chi connectivity index (χ0n) is 23.2. The standard InChI is InChI=1S/C31H37N3O6/c1-31(2,3)40-30(39)33-17-20-10-9-11-21(16-20)19-34(26(29(37)38)22-12-5-4-6-13-22)28(36)27(35)24-18-32-25-15-8-7-14-23(24)25/h7-11,14-16,18,22,26,32H,4-6,12-13,17,19H2,1-3H3,(H,33,39)(H,37,38). The number of hydrogen-bond donors (Lipinski definition) is 3. The van der Waals surface area contributed by atoms with Crippen LogP contribution in [0.25, 0.3) is 10.9 Å². The number of aromatic amines is 1. The lowest BCUT2D eigenvalue weighted by Crippen LogP contribution is -2.51. The predicted octanol–water partition coefficient (Wildman–Crippen LogP) is 5.44. The van der Waals surface area contributed by atoms with Crippen LogP contribution in [0.4, 0.5) is 4.79 Å². The highest BCUT2D eigenvalue weighted by Gasteiger charge is 2.39. The van der Waals surface area contributed by atoms with Crippen molar-refractivity contribution in [2.75, 3.05) is 0 Å². The fourth-order valence-electron chi connectivity index (χ4n) is 5.36. The molecule has 1 fully saturated rings. The van der Waals surface area contributed by atoms with E-state index < -0.39 is 35.4 Å². The van der Waals surface area contributed by atoms with Crippen LogP contribution in [0.3, 0.4) is 0 Å². The number of nitrogens with zero attached hydrogens (tertiary/aromatic N) is 1. The first-order chi connectivity index (χ1) is 19.0. The number of para-hydroxylation sites is 1. The molecule has 3 aromatic rings. The first-order valence-electron chi connectivity index (χ1n) is 13.7. The number of aromatic nitrogens is 1. The number of amides is 2. The third-order valence-electron chi connectivity index (χ3n) is 7.15. The number of carbonyl (C=O) groups is 4. The molecule has 4 rings (SSSR count). The smallest absolute Gasteiger partial charge is 0.407 e. The van der Waals surface area contributed by atoms with E-state index in [-0.39, 0.29) is 24.6 Å². The Morgan fingerprint density at radius 3 is 2.42 bits per heavy atom. The molecule has 0 aliphatic heterocycles. The van der Waals surface area contributed by atoms with Gasteiger partial charge in [-0.1, -0.05) is 61.7 Å². The largest absolute Gasteiger partial charge is 0.480 e. The third-order valence-corrected chi connectivity index (χ3v) is 7.15. The molecule has 1 heterocycles. The number of ether oxygens (including phenoxy) is 1.